The molecule has 4 nitrogen and oxygen atoms in total. The summed E-state index contributed by atoms with van der Waals surface area (Å²) in [6.45, 7) is 5.99. The van der Waals surface area contributed by atoms with E-state index in [9.17, 15) is 8.42 Å². The predicted octanol–water partition coefficient (Wildman–Crippen LogP) is 3.39. The fraction of sp³-hybridized carbons (Fsp3) is 0.286. The Hall–Kier alpha value is -1.08. The number of aryl methyl sites for hydroxylation is 3. The molecule has 0 saturated carbocycles. The first kappa shape index (κ1) is 16.3. The number of halogens is 1. The molecule has 0 aliphatic rings. The maximum Gasteiger partial charge on any atom is 0.241 e. The molecule has 0 aliphatic heterocycles. The van der Waals surface area contributed by atoms with E-state index in [1.807, 2.05) is 19.9 Å². The van der Waals surface area contributed by atoms with E-state index < -0.39 is 10.0 Å². The van der Waals surface area contributed by atoms with Crippen molar-refractivity contribution in [2.45, 2.75) is 32.2 Å². The molecule has 1 aromatic carbocycles. The average molecular weight is 345 g/mol. The van der Waals surface area contributed by atoms with E-state index >= 15 is 0 Å². The summed E-state index contributed by atoms with van der Waals surface area (Å²) >= 11 is 7.48. The molecule has 0 amide bonds. The summed E-state index contributed by atoms with van der Waals surface area (Å²) < 4.78 is 27.4. The summed E-state index contributed by atoms with van der Waals surface area (Å²) in [4.78, 5) is 2.33. The van der Waals surface area contributed by atoms with Crippen molar-refractivity contribution in [2.24, 2.45) is 0 Å². The molecule has 2 rings (SSSR count). The van der Waals surface area contributed by atoms with Gasteiger partial charge >= 0.3 is 0 Å². The van der Waals surface area contributed by atoms with Crippen molar-refractivity contribution in [1.82, 2.24) is 4.72 Å². The van der Waals surface area contributed by atoms with Crippen LogP contribution < -0.4 is 10.5 Å². The van der Waals surface area contributed by atoms with Crippen LogP contribution in [0.1, 0.15) is 20.9 Å². The second kappa shape index (κ2) is 5.96. The van der Waals surface area contributed by atoms with E-state index in [4.69, 9.17) is 17.3 Å². The number of rotatable bonds is 4. The van der Waals surface area contributed by atoms with Crippen LogP contribution in [0.25, 0.3) is 0 Å². The van der Waals surface area contributed by atoms with Gasteiger partial charge in [0.1, 0.15) is 0 Å². The van der Waals surface area contributed by atoms with E-state index in [1.165, 1.54) is 16.5 Å². The minimum atomic E-state index is -3.61. The molecular formula is C14H17ClN2O2S2. The van der Waals surface area contributed by atoms with Gasteiger partial charge in [-0.25, -0.2) is 13.1 Å². The Morgan fingerprint density at radius 3 is 2.43 bits per heavy atom. The van der Waals surface area contributed by atoms with Crippen molar-refractivity contribution in [1.29, 1.82) is 0 Å². The molecule has 3 N–H and O–H groups in total. The molecule has 21 heavy (non-hydrogen) atoms. The number of benzene rings is 1. The third kappa shape index (κ3) is 3.58. The quantitative estimate of drug-likeness (QED) is 0.835. The van der Waals surface area contributed by atoms with Crippen LogP contribution in [0, 0.1) is 20.8 Å². The van der Waals surface area contributed by atoms with Crippen LogP contribution >= 0.6 is 22.9 Å². The van der Waals surface area contributed by atoms with Crippen LogP contribution in [0.15, 0.2) is 23.1 Å². The summed E-state index contributed by atoms with van der Waals surface area (Å²) in [5.41, 5.74) is 7.69. The van der Waals surface area contributed by atoms with Crippen molar-refractivity contribution < 1.29 is 8.42 Å². The minimum absolute atomic E-state index is 0.161. The molecule has 0 saturated heterocycles. The molecule has 114 valence electrons. The average Bonchev–Trinajstić information content (AvgIpc) is 2.71. The van der Waals surface area contributed by atoms with Gasteiger partial charge in [0.2, 0.25) is 10.0 Å². The summed E-state index contributed by atoms with van der Waals surface area (Å²) in [6.07, 6.45) is 0. The summed E-state index contributed by atoms with van der Waals surface area (Å²) in [6, 6.07) is 4.95. The smallest absolute Gasteiger partial charge is 0.241 e. The van der Waals surface area contributed by atoms with Gasteiger partial charge in [-0.2, -0.15) is 0 Å². The van der Waals surface area contributed by atoms with Gasteiger partial charge in [0.15, 0.2) is 0 Å². The summed E-state index contributed by atoms with van der Waals surface area (Å²) in [5, 5.41) is 0.357. The molecule has 7 heteroatoms. The molecule has 0 aliphatic carbocycles. The Labute approximate surface area is 134 Å². The van der Waals surface area contributed by atoms with E-state index in [1.54, 1.807) is 24.3 Å². The predicted molar refractivity (Wildman–Crippen MR) is 88.4 cm³/mol. The maximum atomic E-state index is 12.4. The maximum absolute atomic E-state index is 12.4. The highest BCUT2D eigenvalue weighted by Gasteiger charge is 2.18. The van der Waals surface area contributed by atoms with Crippen molar-refractivity contribution >= 4 is 38.6 Å². The van der Waals surface area contributed by atoms with Crippen molar-refractivity contribution in [3.05, 3.63) is 44.1 Å². The highest BCUT2D eigenvalue weighted by molar-refractivity contribution is 7.89. The number of anilines is 1. The number of hydrogen-bond acceptors (Lipinski definition) is 4. The van der Waals surface area contributed by atoms with Crippen molar-refractivity contribution in [3.63, 3.8) is 0 Å². The SMILES string of the molecule is Cc1cc(Cl)c(N)cc1S(=O)(=O)NCc1cc(C)c(C)s1. The van der Waals surface area contributed by atoms with Crippen LogP contribution in [-0.2, 0) is 16.6 Å². The number of hydrogen-bond donors (Lipinski definition) is 2. The third-order valence-corrected chi connectivity index (χ3v) is 6.26. The first-order valence-corrected chi connectivity index (χ1v) is 8.99. The van der Waals surface area contributed by atoms with Crippen LogP contribution in [0.2, 0.25) is 5.02 Å². The van der Waals surface area contributed by atoms with Gasteiger partial charge in [0.25, 0.3) is 0 Å². The highest BCUT2D eigenvalue weighted by atomic mass is 35.5. The largest absolute Gasteiger partial charge is 0.397 e. The Kier molecular flexibility index (Phi) is 4.63. The van der Waals surface area contributed by atoms with Gasteiger partial charge in [0.05, 0.1) is 15.6 Å². The van der Waals surface area contributed by atoms with Gasteiger partial charge in [-0.05, 0) is 50.1 Å². The number of nitrogen functional groups attached to an aromatic ring is 1. The summed E-state index contributed by atoms with van der Waals surface area (Å²) in [7, 11) is -3.61. The zero-order chi connectivity index (χ0) is 15.8. The molecular weight excluding hydrogens is 328 g/mol. The molecule has 0 radical (unpaired) electrons. The topological polar surface area (TPSA) is 72.2 Å². The molecule has 0 atom stereocenters. The van der Waals surface area contributed by atoms with Crippen molar-refractivity contribution in [2.75, 3.05) is 5.73 Å². The van der Waals surface area contributed by atoms with Gasteiger partial charge in [-0.3, -0.25) is 0 Å². The van der Waals surface area contributed by atoms with Gasteiger partial charge in [-0.1, -0.05) is 11.6 Å². The number of sulfonamides is 1. The fourth-order valence-electron chi connectivity index (χ4n) is 1.94. The molecule has 0 unspecified atom stereocenters. The lowest BCUT2D eigenvalue weighted by Crippen LogP contribution is -2.23. The van der Waals surface area contributed by atoms with Crippen LogP contribution in [0.5, 0.6) is 0 Å². The first-order valence-electron chi connectivity index (χ1n) is 6.32. The van der Waals surface area contributed by atoms with Crippen LogP contribution in [0.4, 0.5) is 5.69 Å². The Morgan fingerprint density at radius 2 is 1.86 bits per heavy atom. The number of nitrogens with one attached hydrogen (secondary N) is 1. The lowest BCUT2D eigenvalue weighted by atomic mass is 10.2. The standard InChI is InChI=1S/C14H17ClN2O2S2/c1-8-4-11(20-10(8)3)7-17-21(18,19)14-6-13(16)12(15)5-9(14)2/h4-6,17H,7,16H2,1-3H3. The monoisotopic (exact) mass is 344 g/mol. The lowest BCUT2D eigenvalue weighted by Gasteiger charge is -2.10. The highest BCUT2D eigenvalue weighted by Crippen LogP contribution is 2.26. The zero-order valence-electron chi connectivity index (χ0n) is 12.0. The molecule has 1 aromatic heterocycles. The third-order valence-electron chi connectivity index (χ3n) is 3.24. The van der Waals surface area contributed by atoms with Crippen molar-refractivity contribution in [3.8, 4) is 0 Å². The number of thiophene rings is 1. The van der Waals surface area contributed by atoms with E-state index in [0.29, 0.717) is 10.6 Å². The molecule has 0 spiro atoms. The van der Waals surface area contributed by atoms with E-state index in [-0.39, 0.29) is 17.1 Å². The Balaban J connectivity index is 2.24. The van der Waals surface area contributed by atoms with E-state index in [0.717, 1.165) is 4.88 Å². The molecule has 1 heterocycles. The lowest BCUT2D eigenvalue weighted by molar-refractivity contribution is 0.581. The normalized spacial score (nSPS) is 11.8. The molecule has 2 aromatic rings. The van der Waals surface area contributed by atoms with Crippen LogP contribution in [-0.4, -0.2) is 8.42 Å². The minimum Gasteiger partial charge on any atom is -0.397 e. The van der Waals surface area contributed by atoms with Gasteiger partial charge < -0.3 is 5.73 Å². The Morgan fingerprint density at radius 1 is 1.19 bits per heavy atom. The second-order valence-corrected chi connectivity index (χ2v) is 8.40. The Bertz CT molecular complexity index is 763. The van der Waals surface area contributed by atoms with Gasteiger partial charge in [-0.15, -0.1) is 11.3 Å². The van der Waals surface area contributed by atoms with E-state index in [2.05, 4.69) is 4.72 Å². The molecule has 0 bridgehead atoms. The van der Waals surface area contributed by atoms with Gasteiger partial charge in [0, 0.05) is 16.3 Å². The second-order valence-electron chi connectivity index (χ2n) is 4.92. The first-order chi connectivity index (χ1) is 9.70. The van der Waals surface area contributed by atoms with Crippen LogP contribution in [0.3, 0.4) is 0 Å². The molecule has 0 fully saturated rings. The number of nitrogens with two attached hydrogens (primary N) is 1. The summed E-state index contributed by atoms with van der Waals surface area (Å²) in [5.74, 6) is 0. The fourth-order valence-corrected chi connectivity index (χ4v) is 4.51. The zero-order valence-corrected chi connectivity index (χ0v) is 14.4.